The first-order valence-corrected chi connectivity index (χ1v) is 7.75. The molecular formula is C19H24N2O2. The van der Waals surface area contributed by atoms with Gasteiger partial charge in [0.05, 0.1) is 13.2 Å². The van der Waals surface area contributed by atoms with Gasteiger partial charge in [-0.25, -0.2) is 5.06 Å². The minimum absolute atomic E-state index is 0.0561. The zero-order chi connectivity index (χ0) is 16.7. The topological polar surface area (TPSA) is 32.8 Å². The minimum atomic E-state index is -0.277. The van der Waals surface area contributed by atoms with E-state index in [2.05, 4.69) is 29.2 Å². The molecule has 1 amide bonds. The number of hydrogen-bond donors (Lipinski definition) is 0. The quantitative estimate of drug-likeness (QED) is 0.737. The average molecular weight is 312 g/mol. The van der Waals surface area contributed by atoms with E-state index >= 15 is 0 Å². The standard InChI is InChI=1S/C19H24N2O2/c1-16(19(22)20(2)23-3)21(14-17-10-6-4-7-11-17)15-18-12-8-5-9-13-18/h4-13,16H,14-15H2,1-3H3/t16-/m1/s1. The van der Waals surface area contributed by atoms with E-state index in [-0.39, 0.29) is 11.9 Å². The van der Waals surface area contributed by atoms with Gasteiger partial charge < -0.3 is 0 Å². The van der Waals surface area contributed by atoms with Crippen molar-refractivity contribution in [2.45, 2.75) is 26.1 Å². The highest BCUT2D eigenvalue weighted by Crippen LogP contribution is 2.14. The lowest BCUT2D eigenvalue weighted by atomic mass is 10.1. The molecule has 0 radical (unpaired) electrons. The van der Waals surface area contributed by atoms with Crippen LogP contribution in [0.3, 0.4) is 0 Å². The third kappa shape index (κ3) is 4.91. The number of carbonyl (C=O) groups is 1. The highest BCUT2D eigenvalue weighted by atomic mass is 16.7. The van der Waals surface area contributed by atoms with E-state index in [0.717, 1.165) is 0 Å². The molecule has 4 nitrogen and oxygen atoms in total. The van der Waals surface area contributed by atoms with E-state index < -0.39 is 0 Å². The normalized spacial score (nSPS) is 12.2. The molecule has 0 saturated heterocycles. The second-order valence-corrected chi connectivity index (χ2v) is 5.57. The maximum atomic E-state index is 12.5. The van der Waals surface area contributed by atoms with Crippen molar-refractivity contribution in [3.63, 3.8) is 0 Å². The van der Waals surface area contributed by atoms with Crippen molar-refractivity contribution in [2.75, 3.05) is 14.2 Å². The predicted molar refractivity (Wildman–Crippen MR) is 91.4 cm³/mol. The Morgan fingerprint density at radius 3 is 1.78 bits per heavy atom. The number of hydroxylamine groups is 2. The van der Waals surface area contributed by atoms with Gasteiger partial charge >= 0.3 is 0 Å². The van der Waals surface area contributed by atoms with E-state index in [0.29, 0.717) is 13.1 Å². The van der Waals surface area contributed by atoms with Gasteiger partial charge in [-0.3, -0.25) is 14.5 Å². The van der Waals surface area contributed by atoms with Crippen LogP contribution < -0.4 is 0 Å². The van der Waals surface area contributed by atoms with Crippen LogP contribution in [0.5, 0.6) is 0 Å². The van der Waals surface area contributed by atoms with E-state index in [9.17, 15) is 4.79 Å². The monoisotopic (exact) mass is 312 g/mol. The van der Waals surface area contributed by atoms with Gasteiger partial charge in [0.25, 0.3) is 5.91 Å². The largest absolute Gasteiger partial charge is 0.284 e. The van der Waals surface area contributed by atoms with Crippen LogP contribution in [0.2, 0.25) is 0 Å². The Balaban J connectivity index is 2.18. The lowest BCUT2D eigenvalue weighted by Crippen LogP contribution is -2.44. The van der Waals surface area contributed by atoms with Crippen LogP contribution >= 0.6 is 0 Å². The third-order valence-electron chi connectivity index (χ3n) is 3.95. The molecule has 0 N–H and O–H groups in total. The molecule has 122 valence electrons. The summed E-state index contributed by atoms with van der Waals surface area (Å²) in [7, 11) is 3.14. The first-order valence-electron chi connectivity index (χ1n) is 7.75. The zero-order valence-corrected chi connectivity index (χ0v) is 14.0. The maximum absolute atomic E-state index is 12.5. The molecule has 0 aromatic heterocycles. The van der Waals surface area contributed by atoms with E-state index in [1.165, 1.54) is 23.3 Å². The van der Waals surface area contributed by atoms with Crippen LogP contribution in [0.25, 0.3) is 0 Å². The predicted octanol–water partition coefficient (Wildman–Crippen LogP) is 3.10. The van der Waals surface area contributed by atoms with E-state index in [1.54, 1.807) is 7.05 Å². The van der Waals surface area contributed by atoms with E-state index in [1.807, 2.05) is 43.3 Å². The van der Waals surface area contributed by atoms with Crippen molar-refractivity contribution in [1.29, 1.82) is 0 Å². The SMILES string of the molecule is CON(C)C(=O)[C@@H](C)N(Cc1ccccc1)Cc1ccccc1. The number of nitrogens with zero attached hydrogens (tertiary/aromatic N) is 2. The second-order valence-electron chi connectivity index (χ2n) is 5.57. The van der Waals surface area contributed by atoms with Gasteiger partial charge in [0, 0.05) is 20.1 Å². The number of likely N-dealkylation sites (N-methyl/N-ethyl adjacent to an activating group) is 1. The minimum Gasteiger partial charge on any atom is -0.284 e. The summed E-state index contributed by atoms with van der Waals surface area (Å²) in [6.07, 6.45) is 0. The van der Waals surface area contributed by atoms with Gasteiger partial charge in [0.1, 0.15) is 0 Å². The summed E-state index contributed by atoms with van der Waals surface area (Å²) in [5.41, 5.74) is 2.37. The molecule has 0 unspecified atom stereocenters. The van der Waals surface area contributed by atoms with Gasteiger partial charge in [-0.05, 0) is 18.1 Å². The van der Waals surface area contributed by atoms with Crippen LogP contribution in [0.4, 0.5) is 0 Å². The Morgan fingerprint density at radius 1 is 0.957 bits per heavy atom. The molecule has 0 aliphatic rings. The smallest absolute Gasteiger partial charge is 0.262 e. The summed E-state index contributed by atoms with van der Waals surface area (Å²) in [6, 6.07) is 20.1. The lowest BCUT2D eigenvalue weighted by molar-refractivity contribution is -0.174. The first kappa shape index (κ1) is 17.2. The molecule has 2 aromatic carbocycles. The molecule has 0 spiro atoms. The third-order valence-corrected chi connectivity index (χ3v) is 3.95. The second kappa shape index (κ2) is 8.46. The molecule has 0 saturated carbocycles. The molecule has 4 heteroatoms. The summed E-state index contributed by atoms with van der Waals surface area (Å²) in [5.74, 6) is -0.0561. The van der Waals surface area contributed by atoms with Gasteiger partial charge in [0.15, 0.2) is 0 Å². The number of rotatable bonds is 7. The van der Waals surface area contributed by atoms with Gasteiger partial charge in [0.2, 0.25) is 0 Å². The fourth-order valence-electron chi connectivity index (χ4n) is 2.47. The molecule has 0 aliphatic heterocycles. The summed E-state index contributed by atoms with van der Waals surface area (Å²) >= 11 is 0. The highest BCUT2D eigenvalue weighted by Gasteiger charge is 2.24. The summed E-state index contributed by atoms with van der Waals surface area (Å²) in [5, 5.41) is 1.29. The Kier molecular flexibility index (Phi) is 6.32. The van der Waals surface area contributed by atoms with Crippen molar-refractivity contribution in [1.82, 2.24) is 9.96 Å². The van der Waals surface area contributed by atoms with Crippen molar-refractivity contribution < 1.29 is 9.63 Å². The van der Waals surface area contributed by atoms with Crippen molar-refractivity contribution in [3.05, 3.63) is 71.8 Å². The van der Waals surface area contributed by atoms with Crippen LogP contribution in [-0.2, 0) is 22.7 Å². The molecule has 0 heterocycles. The number of amides is 1. The van der Waals surface area contributed by atoms with Crippen LogP contribution in [0.1, 0.15) is 18.1 Å². The Labute approximate surface area is 138 Å². The summed E-state index contributed by atoms with van der Waals surface area (Å²) in [6.45, 7) is 3.34. The van der Waals surface area contributed by atoms with Gasteiger partial charge in [-0.2, -0.15) is 0 Å². The molecule has 0 bridgehead atoms. The van der Waals surface area contributed by atoms with Gasteiger partial charge in [-0.15, -0.1) is 0 Å². The Bertz CT molecular complexity index is 560. The zero-order valence-electron chi connectivity index (χ0n) is 14.0. The average Bonchev–Trinajstić information content (AvgIpc) is 2.61. The highest BCUT2D eigenvalue weighted by molar-refractivity contribution is 5.80. The van der Waals surface area contributed by atoms with Crippen LogP contribution in [0.15, 0.2) is 60.7 Å². The molecule has 2 rings (SSSR count). The first-order chi connectivity index (χ1) is 11.1. The van der Waals surface area contributed by atoms with E-state index in [4.69, 9.17) is 4.84 Å². The summed E-state index contributed by atoms with van der Waals surface area (Å²) in [4.78, 5) is 19.7. The molecule has 1 atom stereocenters. The number of benzene rings is 2. The molecule has 23 heavy (non-hydrogen) atoms. The fraction of sp³-hybridized carbons (Fsp3) is 0.316. The van der Waals surface area contributed by atoms with Crippen LogP contribution in [-0.4, -0.2) is 36.1 Å². The molecule has 2 aromatic rings. The lowest BCUT2D eigenvalue weighted by Gasteiger charge is -2.30. The Morgan fingerprint density at radius 2 is 1.39 bits per heavy atom. The van der Waals surface area contributed by atoms with Gasteiger partial charge in [-0.1, -0.05) is 60.7 Å². The van der Waals surface area contributed by atoms with Crippen molar-refractivity contribution >= 4 is 5.91 Å². The van der Waals surface area contributed by atoms with Crippen molar-refractivity contribution in [2.24, 2.45) is 0 Å². The molecule has 0 fully saturated rings. The van der Waals surface area contributed by atoms with Crippen molar-refractivity contribution in [3.8, 4) is 0 Å². The molecule has 0 aliphatic carbocycles. The summed E-state index contributed by atoms with van der Waals surface area (Å²) < 4.78 is 0. The molecular weight excluding hydrogens is 288 g/mol. The Hall–Kier alpha value is -2.17. The maximum Gasteiger partial charge on any atom is 0.262 e. The number of carbonyl (C=O) groups excluding carboxylic acids is 1. The fourth-order valence-corrected chi connectivity index (χ4v) is 2.47. The number of hydrogen-bond acceptors (Lipinski definition) is 3. The van der Waals surface area contributed by atoms with Crippen LogP contribution in [0, 0.1) is 0 Å².